The highest BCUT2D eigenvalue weighted by atomic mass is 16.6. The maximum atomic E-state index is 12.4. The summed E-state index contributed by atoms with van der Waals surface area (Å²) in [5, 5.41) is 13.5. The highest BCUT2D eigenvalue weighted by molar-refractivity contribution is 6.07. The van der Waals surface area contributed by atoms with E-state index >= 15 is 0 Å². The van der Waals surface area contributed by atoms with E-state index in [-0.39, 0.29) is 22.7 Å². The Bertz CT molecular complexity index is 1000. The fourth-order valence-electron chi connectivity index (χ4n) is 2.30. The van der Waals surface area contributed by atoms with Gasteiger partial charge in [-0.2, -0.15) is 0 Å². The Morgan fingerprint density at radius 3 is 2.62 bits per heavy atom. The second kappa shape index (κ2) is 5.88. The van der Waals surface area contributed by atoms with Crippen LogP contribution in [0.4, 0.5) is 11.4 Å². The molecule has 0 unspecified atom stereocenters. The molecule has 3 N–H and O–H groups in total. The van der Waals surface area contributed by atoms with Crippen LogP contribution < -0.4 is 15.7 Å². The van der Waals surface area contributed by atoms with Crippen LogP contribution >= 0.6 is 0 Å². The van der Waals surface area contributed by atoms with Crippen molar-refractivity contribution in [3.63, 3.8) is 0 Å². The summed E-state index contributed by atoms with van der Waals surface area (Å²) in [6, 6.07) is 8.58. The van der Waals surface area contributed by atoms with Gasteiger partial charge >= 0.3 is 5.69 Å². The molecule has 0 saturated carbocycles. The summed E-state index contributed by atoms with van der Waals surface area (Å²) in [7, 11) is 1.37. The SMILES string of the molecule is COc1ccc([N+](=O)[O-])cc1C(=O)Nc1ccc2[nH]c(=O)[nH]c2c1. The van der Waals surface area contributed by atoms with E-state index < -0.39 is 10.8 Å². The molecule has 0 aliphatic carbocycles. The molecule has 0 spiro atoms. The average molecular weight is 328 g/mol. The minimum absolute atomic E-state index is 0.0364. The lowest BCUT2D eigenvalue weighted by Gasteiger charge is -2.09. The number of hydrogen-bond donors (Lipinski definition) is 3. The molecule has 0 bridgehead atoms. The fourth-order valence-corrected chi connectivity index (χ4v) is 2.30. The third-order valence-electron chi connectivity index (χ3n) is 3.41. The number of methoxy groups -OCH3 is 1. The number of carbonyl (C=O) groups is 1. The van der Waals surface area contributed by atoms with Crippen molar-refractivity contribution < 1.29 is 14.5 Å². The minimum Gasteiger partial charge on any atom is -0.496 e. The number of nitrogens with one attached hydrogen (secondary N) is 3. The van der Waals surface area contributed by atoms with Crippen molar-refractivity contribution in [1.82, 2.24) is 9.97 Å². The normalized spacial score (nSPS) is 10.5. The molecule has 24 heavy (non-hydrogen) atoms. The molecule has 9 heteroatoms. The van der Waals surface area contributed by atoms with Gasteiger partial charge in [0.05, 0.1) is 28.6 Å². The van der Waals surface area contributed by atoms with Gasteiger partial charge in [0.1, 0.15) is 5.75 Å². The molecule has 0 saturated heterocycles. The Labute approximate surface area is 134 Å². The number of nitro groups is 1. The quantitative estimate of drug-likeness (QED) is 0.498. The van der Waals surface area contributed by atoms with Crippen LogP contribution in [-0.2, 0) is 0 Å². The molecule has 0 radical (unpaired) electrons. The highest BCUT2D eigenvalue weighted by Crippen LogP contribution is 2.25. The van der Waals surface area contributed by atoms with Crippen LogP contribution in [0.5, 0.6) is 5.75 Å². The van der Waals surface area contributed by atoms with E-state index in [1.54, 1.807) is 18.2 Å². The highest BCUT2D eigenvalue weighted by Gasteiger charge is 2.17. The van der Waals surface area contributed by atoms with Gasteiger partial charge in [-0.15, -0.1) is 0 Å². The first-order chi connectivity index (χ1) is 11.5. The number of ether oxygens (including phenoxy) is 1. The number of imidazole rings is 1. The van der Waals surface area contributed by atoms with Gasteiger partial charge in [-0.3, -0.25) is 14.9 Å². The minimum atomic E-state index is -0.590. The van der Waals surface area contributed by atoms with E-state index in [4.69, 9.17) is 4.74 Å². The van der Waals surface area contributed by atoms with Crippen LogP contribution in [0.25, 0.3) is 11.0 Å². The summed E-state index contributed by atoms with van der Waals surface area (Å²) in [4.78, 5) is 39.1. The molecular formula is C15H12N4O5. The van der Waals surface area contributed by atoms with Crippen molar-refractivity contribution >= 4 is 28.3 Å². The maximum Gasteiger partial charge on any atom is 0.323 e. The first kappa shape index (κ1) is 15.3. The van der Waals surface area contributed by atoms with Crippen molar-refractivity contribution in [1.29, 1.82) is 0 Å². The van der Waals surface area contributed by atoms with Crippen molar-refractivity contribution in [2.24, 2.45) is 0 Å². The van der Waals surface area contributed by atoms with Gasteiger partial charge in [-0.05, 0) is 24.3 Å². The number of aromatic nitrogens is 2. The van der Waals surface area contributed by atoms with E-state index in [0.717, 1.165) is 6.07 Å². The molecule has 0 aliphatic heterocycles. The zero-order valence-corrected chi connectivity index (χ0v) is 12.5. The molecule has 1 aromatic heterocycles. The number of anilines is 1. The molecule has 0 atom stereocenters. The first-order valence-electron chi connectivity index (χ1n) is 6.84. The summed E-state index contributed by atoms with van der Waals surface area (Å²) >= 11 is 0. The summed E-state index contributed by atoms with van der Waals surface area (Å²) in [6.07, 6.45) is 0. The number of rotatable bonds is 4. The maximum absolute atomic E-state index is 12.4. The number of nitrogens with zero attached hydrogens (tertiary/aromatic N) is 1. The zero-order valence-electron chi connectivity index (χ0n) is 12.5. The molecular weight excluding hydrogens is 316 g/mol. The molecule has 0 aliphatic rings. The van der Waals surface area contributed by atoms with E-state index in [1.165, 1.54) is 19.2 Å². The second-order valence-corrected chi connectivity index (χ2v) is 4.94. The molecule has 122 valence electrons. The molecule has 1 heterocycles. The molecule has 2 aromatic carbocycles. The van der Waals surface area contributed by atoms with Gasteiger partial charge in [-0.1, -0.05) is 0 Å². The predicted octanol–water partition coefficient (Wildman–Crippen LogP) is 2.03. The Morgan fingerprint density at radius 1 is 1.17 bits per heavy atom. The van der Waals surface area contributed by atoms with Crippen molar-refractivity contribution in [2.75, 3.05) is 12.4 Å². The number of nitro benzene ring substituents is 1. The molecule has 3 rings (SSSR count). The standard InChI is InChI=1S/C15H12N4O5/c1-24-13-5-3-9(19(22)23)7-10(13)14(20)16-8-2-4-11-12(6-8)18-15(21)17-11/h2-7H,1H3,(H,16,20)(H2,17,18,21). The number of aromatic amines is 2. The second-order valence-electron chi connectivity index (χ2n) is 4.94. The summed E-state index contributed by atoms with van der Waals surface area (Å²) in [6.45, 7) is 0. The molecule has 0 fully saturated rings. The lowest BCUT2D eigenvalue weighted by Crippen LogP contribution is -2.13. The Hall–Kier alpha value is -3.62. The van der Waals surface area contributed by atoms with Crippen molar-refractivity contribution in [3.05, 3.63) is 62.6 Å². The third-order valence-corrected chi connectivity index (χ3v) is 3.41. The van der Waals surface area contributed by atoms with Crippen LogP contribution in [0.3, 0.4) is 0 Å². The van der Waals surface area contributed by atoms with Crippen molar-refractivity contribution in [2.45, 2.75) is 0 Å². The Morgan fingerprint density at radius 2 is 1.92 bits per heavy atom. The smallest absolute Gasteiger partial charge is 0.323 e. The number of amides is 1. The van der Waals surface area contributed by atoms with Crippen LogP contribution in [-0.4, -0.2) is 27.9 Å². The van der Waals surface area contributed by atoms with Crippen LogP contribution in [0.1, 0.15) is 10.4 Å². The number of hydrogen-bond acceptors (Lipinski definition) is 5. The van der Waals surface area contributed by atoms with Gasteiger partial charge in [0.2, 0.25) is 0 Å². The van der Waals surface area contributed by atoms with E-state index in [9.17, 15) is 19.7 Å². The van der Waals surface area contributed by atoms with Crippen LogP contribution in [0.2, 0.25) is 0 Å². The average Bonchev–Trinajstić information content (AvgIpc) is 2.93. The number of non-ortho nitro benzene ring substituents is 1. The fraction of sp³-hybridized carbons (Fsp3) is 0.0667. The van der Waals surface area contributed by atoms with Gasteiger partial charge in [0.25, 0.3) is 11.6 Å². The summed E-state index contributed by atoms with van der Waals surface area (Å²) < 4.78 is 5.08. The number of fused-ring (bicyclic) bond motifs is 1. The topological polar surface area (TPSA) is 130 Å². The van der Waals surface area contributed by atoms with E-state index in [2.05, 4.69) is 15.3 Å². The lowest BCUT2D eigenvalue weighted by atomic mass is 10.1. The number of H-pyrrole nitrogens is 2. The van der Waals surface area contributed by atoms with Gasteiger partial charge < -0.3 is 20.0 Å². The Balaban J connectivity index is 1.94. The van der Waals surface area contributed by atoms with Gasteiger partial charge in [-0.25, -0.2) is 4.79 Å². The van der Waals surface area contributed by atoms with Crippen molar-refractivity contribution in [3.8, 4) is 5.75 Å². The monoisotopic (exact) mass is 328 g/mol. The predicted molar refractivity (Wildman–Crippen MR) is 86.5 cm³/mol. The van der Waals surface area contributed by atoms with E-state index in [0.29, 0.717) is 16.7 Å². The summed E-state index contributed by atoms with van der Waals surface area (Å²) in [5.41, 5.74) is 1.03. The lowest BCUT2D eigenvalue weighted by molar-refractivity contribution is -0.384. The van der Waals surface area contributed by atoms with Gasteiger partial charge in [0, 0.05) is 17.8 Å². The largest absolute Gasteiger partial charge is 0.496 e. The molecule has 9 nitrogen and oxygen atoms in total. The number of benzene rings is 2. The Kier molecular flexibility index (Phi) is 3.74. The van der Waals surface area contributed by atoms with Crippen LogP contribution in [0.15, 0.2) is 41.2 Å². The van der Waals surface area contributed by atoms with E-state index in [1.807, 2.05) is 0 Å². The third kappa shape index (κ3) is 2.82. The zero-order chi connectivity index (χ0) is 17.3. The molecule has 3 aromatic rings. The first-order valence-corrected chi connectivity index (χ1v) is 6.84. The van der Waals surface area contributed by atoms with Crippen LogP contribution in [0, 0.1) is 10.1 Å². The van der Waals surface area contributed by atoms with Gasteiger partial charge in [0.15, 0.2) is 0 Å². The summed E-state index contributed by atoms with van der Waals surface area (Å²) in [5.74, 6) is -0.345. The number of carbonyl (C=O) groups excluding carboxylic acids is 1. The molecule has 1 amide bonds.